The van der Waals surface area contributed by atoms with E-state index in [9.17, 15) is 5.11 Å². The van der Waals surface area contributed by atoms with Gasteiger partial charge in [-0.2, -0.15) is 0 Å². The maximum atomic E-state index is 13.2. The van der Waals surface area contributed by atoms with Crippen LogP contribution in [0.15, 0.2) is 103 Å². The SMILES string of the molecule is CCN(CC)/C([O-])=C/[P+](c1ccccc1)(c1ccccc1)c1ccccc1. The quantitative estimate of drug-likeness (QED) is 0.467. The molecule has 0 bridgehead atoms. The predicted octanol–water partition coefficient (Wildman–Crippen LogP) is 3.48. The molecule has 0 spiro atoms. The lowest BCUT2D eigenvalue weighted by atomic mass is 10.4. The van der Waals surface area contributed by atoms with E-state index in [0.29, 0.717) is 13.1 Å². The molecule has 0 radical (unpaired) electrons. The van der Waals surface area contributed by atoms with Gasteiger partial charge in [0.25, 0.3) is 0 Å². The molecule has 0 aliphatic rings. The van der Waals surface area contributed by atoms with Crippen LogP contribution in [-0.4, -0.2) is 18.0 Å². The molecule has 3 aromatic rings. The third-order valence-electron chi connectivity index (χ3n) is 4.87. The third-order valence-corrected chi connectivity index (χ3v) is 8.82. The summed E-state index contributed by atoms with van der Waals surface area (Å²) in [5, 5.41) is 16.8. The summed E-state index contributed by atoms with van der Waals surface area (Å²) in [5.41, 5.74) is 0. The zero-order chi connectivity index (χ0) is 19.1. The molecule has 138 valence electrons. The van der Waals surface area contributed by atoms with E-state index in [0.717, 1.165) is 0 Å². The largest absolute Gasteiger partial charge is 0.858 e. The normalized spacial score (nSPS) is 12.0. The maximum absolute atomic E-state index is 13.2. The Balaban J connectivity index is 2.35. The molecule has 0 aliphatic carbocycles. The van der Waals surface area contributed by atoms with Gasteiger partial charge < -0.3 is 10.0 Å². The van der Waals surface area contributed by atoms with E-state index in [1.165, 1.54) is 15.9 Å². The topological polar surface area (TPSA) is 26.3 Å². The van der Waals surface area contributed by atoms with Crippen LogP contribution < -0.4 is 21.0 Å². The minimum Gasteiger partial charge on any atom is -0.858 e. The van der Waals surface area contributed by atoms with E-state index < -0.39 is 7.26 Å². The Kier molecular flexibility index (Phi) is 6.32. The van der Waals surface area contributed by atoms with Crippen molar-refractivity contribution in [3.8, 4) is 0 Å². The van der Waals surface area contributed by atoms with Crippen molar-refractivity contribution in [1.29, 1.82) is 0 Å². The highest BCUT2D eigenvalue weighted by molar-refractivity contribution is 7.98. The minimum atomic E-state index is -2.21. The Labute approximate surface area is 163 Å². The first-order valence-electron chi connectivity index (χ1n) is 9.42. The summed E-state index contributed by atoms with van der Waals surface area (Å²) in [6.45, 7) is 5.49. The fourth-order valence-corrected chi connectivity index (χ4v) is 7.21. The fourth-order valence-electron chi connectivity index (χ4n) is 3.44. The Morgan fingerprint density at radius 3 is 1.33 bits per heavy atom. The van der Waals surface area contributed by atoms with E-state index in [2.05, 4.69) is 72.8 Å². The van der Waals surface area contributed by atoms with Crippen LogP contribution in [0, 0.1) is 0 Å². The summed E-state index contributed by atoms with van der Waals surface area (Å²) in [6.07, 6.45) is 0. The van der Waals surface area contributed by atoms with Crippen LogP contribution in [0.4, 0.5) is 0 Å². The lowest BCUT2D eigenvalue weighted by Crippen LogP contribution is -2.34. The van der Waals surface area contributed by atoms with Crippen LogP contribution in [0.25, 0.3) is 0 Å². The second-order valence-electron chi connectivity index (χ2n) is 6.37. The van der Waals surface area contributed by atoms with Crippen molar-refractivity contribution in [2.24, 2.45) is 0 Å². The van der Waals surface area contributed by atoms with Crippen LogP contribution in [0.2, 0.25) is 0 Å². The summed E-state index contributed by atoms with van der Waals surface area (Å²) >= 11 is 0. The van der Waals surface area contributed by atoms with Gasteiger partial charge in [-0.05, 0) is 56.1 Å². The standard InChI is InChI=1S/C24H26NOP/c1-3-25(4-2)24(26)20-27(21-14-8-5-9-15-21,22-16-10-6-11-17-22)23-18-12-7-13-19-23/h5-20H,3-4H2,1-2H3/b24-20-. The summed E-state index contributed by atoms with van der Waals surface area (Å²) in [5.74, 6) is 2.10. The maximum Gasteiger partial charge on any atom is 0.137 e. The van der Waals surface area contributed by atoms with E-state index in [-0.39, 0.29) is 5.88 Å². The monoisotopic (exact) mass is 375 g/mol. The lowest BCUT2D eigenvalue weighted by Gasteiger charge is -2.32. The molecule has 0 unspecified atom stereocenters. The molecule has 3 aromatic carbocycles. The van der Waals surface area contributed by atoms with Crippen molar-refractivity contribution in [3.05, 3.63) is 103 Å². The van der Waals surface area contributed by atoms with Gasteiger partial charge in [0.15, 0.2) is 0 Å². The van der Waals surface area contributed by atoms with E-state index >= 15 is 0 Å². The van der Waals surface area contributed by atoms with Gasteiger partial charge in [-0.15, -0.1) is 0 Å². The van der Waals surface area contributed by atoms with Crippen LogP contribution in [-0.2, 0) is 0 Å². The first kappa shape index (κ1) is 19.2. The molecule has 0 saturated heterocycles. The fraction of sp³-hybridized carbons (Fsp3) is 0.167. The van der Waals surface area contributed by atoms with Crippen LogP contribution >= 0.6 is 7.26 Å². The van der Waals surface area contributed by atoms with Crippen molar-refractivity contribution >= 4 is 23.2 Å². The van der Waals surface area contributed by atoms with Gasteiger partial charge in [0, 0.05) is 13.1 Å². The van der Waals surface area contributed by atoms with Gasteiger partial charge in [0.1, 0.15) is 23.2 Å². The Morgan fingerprint density at radius 1 is 0.704 bits per heavy atom. The van der Waals surface area contributed by atoms with Crippen molar-refractivity contribution in [2.45, 2.75) is 13.8 Å². The molecule has 0 heterocycles. The molecule has 0 amide bonds. The molecule has 0 N–H and O–H groups in total. The average molecular weight is 375 g/mol. The molecule has 3 rings (SSSR count). The van der Waals surface area contributed by atoms with Gasteiger partial charge in [0.05, 0.1) is 5.82 Å². The Morgan fingerprint density at radius 2 is 1.04 bits per heavy atom. The number of hydrogen-bond acceptors (Lipinski definition) is 2. The molecule has 27 heavy (non-hydrogen) atoms. The molecule has 3 heteroatoms. The van der Waals surface area contributed by atoms with Crippen molar-refractivity contribution in [2.75, 3.05) is 13.1 Å². The number of rotatable bonds is 7. The molecular weight excluding hydrogens is 349 g/mol. The zero-order valence-corrected chi connectivity index (χ0v) is 16.8. The second-order valence-corrected chi connectivity index (χ2v) is 9.62. The average Bonchev–Trinajstić information content (AvgIpc) is 2.75. The predicted molar refractivity (Wildman–Crippen MR) is 116 cm³/mol. The van der Waals surface area contributed by atoms with Crippen molar-refractivity contribution in [3.63, 3.8) is 0 Å². The van der Waals surface area contributed by atoms with Crippen LogP contribution in [0.5, 0.6) is 0 Å². The van der Waals surface area contributed by atoms with Gasteiger partial charge in [-0.25, -0.2) is 0 Å². The second kappa shape index (κ2) is 8.88. The van der Waals surface area contributed by atoms with E-state index in [4.69, 9.17) is 0 Å². The Bertz CT molecular complexity index is 762. The van der Waals surface area contributed by atoms with Crippen LogP contribution in [0.1, 0.15) is 13.8 Å². The summed E-state index contributed by atoms with van der Waals surface area (Å²) < 4.78 is 0. The lowest BCUT2D eigenvalue weighted by molar-refractivity contribution is -0.331. The third kappa shape index (κ3) is 3.91. The smallest absolute Gasteiger partial charge is 0.137 e. The summed E-state index contributed by atoms with van der Waals surface area (Å²) in [6, 6.07) is 31.4. The number of hydrogen-bond donors (Lipinski definition) is 0. The van der Waals surface area contributed by atoms with Gasteiger partial charge >= 0.3 is 0 Å². The summed E-state index contributed by atoms with van der Waals surface area (Å²) in [4.78, 5) is 1.89. The minimum absolute atomic E-state index is 0.102. The highest BCUT2D eigenvalue weighted by Gasteiger charge is 2.43. The molecular formula is C24H26NOP. The van der Waals surface area contributed by atoms with Gasteiger partial charge in [-0.3, -0.25) is 0 Å². The molecule has 0 atom stereocenters. The van der Waals surface area contributed by atoms with Crippen LogP contribution in [0.3, 0.4) is 0 Å². The van der Waals surface area contributed by atoms with Gasteiger partial charge in [0.2, 0.25) is 0 Å². The van der Waals surface area contributed by atoms with E-state index in [1.807, 2.05) is 42.8 Å². The van der Waals surface area contributed by atoms with Gasteiger partial charge in [-0.1, -0.05) is 54.6 Å². The molecule has 0 fully saturated rings. The molecule has 0 aromatic heterocycles. The van der Waals surface area contributed by atoms with E-state index in [1.54, 1.807) is 0 Å². The number of nitrogens with zero attached hydrogens (tertiary/aromatic N) is 1. The Hall–Kier alpha value is -2.57. The molecule has 2 nitrogen and oxygen atoms in total. The zero-order valence-electron chi connectivity index (χ0n) is 16.0. The number of benzene rings is 3. The first-order chi connectivity index (χ1) is 13.2. The molecule has 0 saturated carbocycles. The van der Waals surface area contributed by atoms with Crippen molar-refractivity contribution < 1.29 is 5.11 Å². The van der Waals surface area contributed by atoms with Crippen molar-refractivity contribution in [1.82, 2.24) is 4.90 Å². The highest BCUT2D eigenvalue weighted by atomic mass is 31.2. The summed E-state index contributed by atoms with van der Waals surface area (Å²) in [7, 11) is -2.21. The molecule has 0 aliphatic heterocycles. The highest BCUT2D eigenvalue weighted by Crippen LogP contribution is 2.57. The first-order valence-corrected chi connectivity index (χ1v) is 11.3.